The Hall–Kier alpha value is -1.39. The molecule has 2 aliphatic rings. The average Bonchev–Trinajstić information content (AvgIpc) is 2.79. The molecule has 2 aliphatic heterocycles. The molecule has 4 nitrogen and oxygen atoms in total. The van der Waals surface area contributed by atoms with Crippen LogP contribution in [0.25, 0.3) is 0 Å². The predicted molar refractivity (Wildman–Crippen MR) is 82.0 cm³/mol. The molecular formula is C17H24N2O2. The van der Waals surface area contributed by atoms with Gasteiger partial charge in [0.1, 0.15) is 0 Å². The van der Waals surface area contributed by atoms with Gasteiger partial charge in [0.05, 0.1) is 12.2 Å². The lowest BCUT2D eigenvalue weighted by Gasteiger charge is -2.24. The van der Waals surface area contributed by atoms with Crippen LogP contribution in [0.1, 0.15) is 37.9 Å². The molecule has 0 radical (unpaired) electrons. The van der Waals surface area contributed by atoms with Crippen LogP contribution >= 0.6 is 0 Å². The summed E-state index contributed by atoms with van der Waals surface area (Å²) < 4.78 is 6.18. The molecule has 2 saturated heterocycles. The number of hydrogen-bond acceptors (Lipinski definition) is 3. The van der Waals surface area contributed by atoms with E-state index in [0.29, 0.717) is 12.5 Å². The summed E-state index contributed by atoms with van der Waals surface area (Å²) in [7, 11) is 0. The smallest absolute Gasteiger partial charge is 0.220 e. The van der Waals surface area contributed by atoms with Crippen LogP contribution in [0, 0.1) is 0 Å². The Morgan fingerprint density at radius 1 is 1.29 bits per heavy atom. The first-order chi connectivity index (χ1) is 10.2. The Balaban J connectivity index is 1.59. The van der Waals surface area contributed by atoms with Gasteiger partial charge in [0.25, 0.3) is 0 Å². The van der Waals surface area contributed by atoms with Gasteiger partial charge in [-0.2, -0.15) is 0 Å². The number of nitrogens with one attached hydrogen (secondary N) is 1. The second-order valence-electron chi connectivity index (χ2n) is 6.20. The second-order valence-corrected chi connectivity index (χ2v) is 6.20. The van der Waals surface area contributed by atoms with Crippen LogP contribution in [0.2, 0.25) is 0 Å². The van der Waals surface area contributed by atoms with E-state index >= 15 is 0 Å². The van der Waals surface area contributed by atoms with Crippen molar-refractivity contribution >= 4 is 5.91 Å². The molecule has 0 saturated carbocycles. The molecule has 1 N–H and O–H groups in total. The van der Waals surface area contributed by atoms with Crippen LogP contribution in [0.3, 0.4) is 0 Å². The summed E-state index contributed by atoms with van der Waals surface area (Å²) in [6, 6.07) is 10.8. The zero-order chi connectivity index (χ0) is 14.7. The number of ether oxygens (including phenoxy) is 1. The van der Waals surface area contributed by atoms with Gasteiger partial charge < -0.3 is 10.1 Å². The number of amides is 1. The Bertz CT molecular complexity index is 477. The number of nitrogens with zero attached hydrogens (tertiary/aromatic N) is 1. The lowest BCUT2D eigenvalue weighted by molar-refractivity contribution is -0.119. The van der Waals surface area contributed by atoms with Gasteiger partial charge in [-0.15, -0.1) is 0 Å². The highest BCUT2D eigenvalue weighted by molar-refractivity contribution is 5.78. The summed E-state index contributed by atoms with van der Waals surface area (Å²) in [5.74, 6) is 0.196. The van der Waals surface area contributed by atoms with Gasteiger partial charge in [0, 0.05) is 32.1 Å². The molecule has 1 amide bonds. The predicted octanol–water partition coefficient (Wildman–Crippen LogP) is 2.12. The van der Waals surface area contributed by atoms with Crippen molar-refractivity contribution in [2.75, 3.05) is 19.6 Å². The maximum atomic E-state index is 11.3. The number of carbonyl (C=O) groups is 1. The molecular weight excluding hydrogens is 264 g/mol. The van der Waals surface area contributed by atoms with Crippen molar-refractivity contribution in [2.45, 2.75) is 44.4 Å². The minimum Gasteiger partial charge on any atom is -0.369 e. The maximum Gasteiger partial charge on any atom is 0.220 e. The zero-order valence-electron chi connectivity index (χ0n) is 12.6. The molecule has 114 valence electrons. The monoisotopic (exact) mass is 288 g/mol. The van der Waals surface area contributed by atoms with E-state index in [0.717, 1.165) is 32.5 Å². The van der Waals surface area contributed by atoms with Crippen molar-refractivity contribution in [3.8, 4) is 0 Å². The number of benzene rings is 1. The SMILES string of the molecule is CC1CN(C[C@@H]2CCC(=O)N2)CCC(c2ccccc2)O1. The second kappa shape index (κ2) is 6.58. The van der Waals surface area contributed by atoms with Crippen LogP contribution in [-0.4, -0.2) is 42.6 Å². The minimum absolute atomic E-state index is 0.185. The quantitative estimate of drug-likeness (QED) is 0.926. The molecule has 0 bridgehead atoms. The fourth-order valence-corrected chi connectivity index (χ4v) is 3.35. The lowest BCUT2D eigenvalue weighted by atomic mass is 10.1. The number of carbonyl (C=O) groups excluding carboxylic acids is 1. The highest BCUT2D eigenvalue weighted by atomic mass is 16.5. The topological polar surface area (TPSA) is 41.6 Å². The molecule has 4 heteroatoms. The molecule has 21 heavy (non-hydrogen) atoms. The third-order valence-corrected chi connectivity index (χ3v) is 4.35. The first-order valence-electron chi connectivity index (χ1n) is 7.93. The molecule has 2 fully saturated rings. The highest BCUT2D eigenvalue weighted by Gasteiger charge is 2.27. The van der Waals surface area contributed by atoms with Crippen LogP contribution in [0.5, 0.6) is 0 Å². The van der Waals surface area contributed by atoms with Gasteiger partial charge in [-0.1, -0.05) is 30.3 Å². The van der Waals surface area contributed by atoms with Gasteiger partial charge in [0.15, 0.2) is 0 Å². The van der Waals surface area contributed by atoms with E-state index in [1.165, 1.54) is 5.56 Å². The summed E-state index contributed by atoms with van der Waals surface area (Å²) in [5.41, 5.74) is 1.26. The third-order valence-electron chi connectivity index (χ3n) is 4.35. The van der Waals surface area contributed by atoms with Crippen LogP contribution in [0.4, 0.5) is 0 Å². The fraction of sp³-hybridized carbons (Fsp3) is 0.588. The van der Waals surface area contributed by atoms with Gasteiger partial charge in [-0.25, -0.2) is 0 Å². The zero-order valence-corrected chi connectivity index (χ0v) is 12.6. The molecule has 1 aromatic rings. The first-order valence-corrected chi connectivity index (χ1v) is 7.93. The Morgan fingerprint density at radius 2 is 2.10 bits per heavy atom. The van der Waals surface area contributed by atoms with Gasteiger partial charge in [-0.3, -0.25) is 9.69 Å². The molecule has 3 atom stereocenters. The van der Waals surface area contributed by atoms with Crippen molar-refractivity contribution in [1.82, 2.24) is 10.2 Å². The van der Waals surface area contributed by atoms with Crippen molar-refractivity contribution in [2.24, 2.45) is 0 Å². The van der Waals surface area contributed by atoms with E-state index in [1.807, 2.05) is 6.07 Å². The van der Waals surface area contributed by atoms with Gasteiger partial charge in [-0.05, 0) is 25.3 Å². The van der Waals surface area contributed by atoms with Gasteiger partial charge >= 0.3 is 0 Å². The average molecular weight is 288 g/mol. The molecule has 3 rings (SSSR count). The van der Waals surface area contributed by atoms with Crippen molar-refractivity contribution in [1.29, 1.82) is 0 Å². The van der Waals surface area contributed by atoms with E-state index in [2.05, 4.69) is 41.4 Å². The van der Waals surface area contributed by atoms with E-state index < -0.39 is 0 Å². The Labute approximate surface area is 126 Å². The normalized spacial score (nSPS) is 30.9. The minimum atomic E-state index is 0.185. The Kier molecular flexibility index (Phi) is 4.56. The van der Waals surface area contributed by atoms with Crippen molar-refractivity contribution < 1.29 is 9.53 Å². The highest BCUT2D eigenvalue weighted by Crippen LogP contribution is 2.26. The van der Waals surface area contributed by atoms with E-state index in [-0.39, 0.29) is 18.1 Å². The summed E-state index contributed by atoms with van der Waals surface area (Å²) in [6.07, 6.45) is 3.05. The molecule has 2 heterocycles. The summed E-state index contributed by atoms with van der Waals surface area (Å²) in [4.78, 5) is 13.7. The summed E-state index contributed by atoms with van der Waals surface area (Å²) >= 11 is 0. The van der Waals surface area contributed by atoms with E-state index in [9.17, 15) is 4.79 Å². The first kappa shape index (κ1) is 14.5. The maximum absolute atomic E-state index is 11.3. The third kappa shape index (κ3) is 3.83. The molecule has 1 aromatic carbocycles. The van der Waals surface area contributed by atoms with Crippen LogP contribution in [0.15, 0.2) is 30.3 Å². The van der Waals surface area contributed by atoms with Crippen molar-refractivity contribution in [3.05, 3.63) is 35.9 Å². The molecule has 0 spiro atoms. The molecule has 2 unspecified atom stereocenters. The Morgan fingerprint density at radius 3 is 2.81 bits per heavy atom. The van der Waals surface area contributed by atoms with Gasteiger partial charge in [0.2, 0.25) is 5.91 Å². The van der Waals surface area contributed by atoms with Crippen LogP contribution in [-0.2, 0) is 9.53 Å². The number of hydrogen-bond donors (Lipinski definition) is 1. The van der Waals surface area contributed by atoms with E-state index in [4.69, 9.17) is 4.74 Å². The summed E-state index contributed by atoms with van der Waals surface area (Å²) in [6.45, 7) is 5.05. The standard InChI is InChI=1S/C17H24N2O2/c1-13-11-19(12-15-7-8-17(20)18-15)10-9-16(21-13)14-5-3-2-4-6-14/h2-6,13,15-16H,7-12H2,1H3,(H,18,20)/t13?,15-,16?/m0/s1. The van der Waals surface area contributed by atoms with Crippen molar-refractivity contribution in [3.63, 3.8) is 0 Å². The fourth-order valence-electron chi connectivity index (χ4n) is 3.35. The largest absolute Gasteiger partial charge is 0.369 e. The lowest BCUT2D eigenvalue weighted by Crippen LogP contribution is -2.41. The van der Waals surface area contributed by atoms with Crippen LogP contribution < -0.4 is 5.32 Å². The number of rotatable bonds is 3. The molecule has 0 aromatic heterocycles. The van der Waals surface area contributed by atoms with E-state index in [1.54, 1.807) is 0 Å². The molecule has 0 aliphatic carbocycles. The summed E-state index contributed by atoms with van der Waals surface area (Å²) in [5, 5.41) is 3.06.